The predicted molar refractivity (Wildman–Crippen MR) is 155 cm³/mol. The highest BCUT2D eigenvalue weighted by atomic mass is 35.5. The van der Waals surface area contributed by atoms with Crippen LogP contribution in [0.4, 0.5) is 0 Å². The predicted octanol–water partition coefficient (Wildman–Crippen LogP) is 5.40. The highest BCUT2D eigenvalue weighted by Crippen LogP contribution is 2.45. The van der Waals surface area contributed by atoms with Crippen LogP contribution in [-0.2, 0) is 17.4 Å². The van der Waals surface area contributed by atoms with Gasteiger partial charge in [-0.1, -0.05) is 47.5 Å². The molecule has 0 aliphatic rings. The van der Waals surface area contributed by atoms with Crippen molar-refractivity contribution >= 4 is 40.9 Å². The third-order valence-electron chi connectivity index (χ3n) is 6.41. The number of halogens is 2. The number of carbonyl (C=O) groups is 1. The topological polar surface area (TPSA) is 145 Å². The Morgan fingerprint density at radius 2 is 1.93 bits per heavy atom. The first-order valence-electron chi connectivity index (χ1n) is 12.0. The lowest BCUT2D eigenvalue weighted by molar-refractivity contribution is -0.144. The molecule has 2 heterocycles. The fourth-order valence-electron chi connectivity index (χ4n) is 4.46. The molecule has 10 nitrogen and oxygen atoms in total. The van der Waals surface area contributed by atoms with E-state index >= 15 is 0 Å². The molecule has 40 heavy (non-hydrogen) atoms. The zero-order valence-corrected chi connectivity index (χ0v) is 24.4. The number of aliphatic carboxylic acids is 1. The molecule has 4 rings (SSSR count). The highest BCUT2D eigenvalue weighted by Gasteiger charge is 2.50. The van der Waals surface area contributed by atoms with Crippen LogP contribution in [0.1, 0.15) is 28.3 Å². The van der Waals surface area contributed by atoms with Gasteiger partial charge in [0.1, 0.15) is 5.75 Å². The van der Waals surface area contributed by atoms with Gasteiger partial charge >= 0.3 is 5.97 Å². The molecule has 0 saturated carbocycles. The summed E-state index contributed by atoms with van der Waals surface area (Å²) < 4.78 is 13.0. The zero-order chi connectivity index (χ0) is 29.2. The minimum Gasteiger partial charge on any atom is -0.480 e. The molecule has 2 aromatic heterocycles. The molecule has 0 aliphatic carbocycles. The summed E-state index contributed by atoms with van der Waals surface area (Å²) >= 11 is 14.0. The molecule has 0 radical (unpaired) electrons. The Balaban J connectivity index is 1.77. The lowest BCUT2D eigenvalue weighted by Gasteiger charge is -2.34. The number of aromatic nitrogens is 4. The quantitative estimate of drug-likeness (QED) is 0.217. The fourth-order valence-corrected chi connectivity index (χ4v) is 5.77. The molecule has 13 heteroatoms. The second kappa shape index (κ2) is 11.9. The number of rotatable bonds is 10. The van der Waals surface area contributed by atoms with Crippen molar-refractivity contribution in [1.82, 2.24) is 20.0 Å². The van der Waals surface area contributed by atoms with Gasteiger partial charge in [-0.05, 0) is 49.4 Å². The standard InChI is InChI=1S/C27H27Cl2N5O5S/c1-14-7-5-6-8-21(14)38-24-20(35)12-22(31-32-24)39-25-23(15(2)33-34(25)3)27(30,26(36)37)18(13-40-4)17-10-9-16(28)11-19(17)29/h5-12,18H,13,30H2,1-4H3,(H,31,35)(H,36,37). The molecule has 0 saturated heterocycles. The highest BCUT2D eigenvalue weighted by molar-refractivity contribution is 7.98. The Labute approximate surface area is 244 Å². The van der Waals surface area contributed by atoms with Gasteiger partial charge in [0.25, 0.3) is 5.88 Å². The van der Waals surface area contributed by atoms with Crippen LogP contribution in [0.15, 0.2) is 53.3 Å². The molecule has 2 atom stereocenters. The summed E-state index contributed by atoms with van der Waals surface area (Å²) in [6.45, 7) is 3.48. The minimum atomic E-state index is -2.03. The van der Waals surface area contributed by atoms with E-state index in [0.717, 1.165) is 11.6 Å². The zero-order valence-electron chi connectivity index (χ0n) is 22.1. The molecule has 0 bridgehead atoms. The van der Waals surface area contributed by atoms with Crippen LogP contribution in [-0.4, -0.2) is 43.1 Å². The number of aryl methyl sites for hydroxylation is 3. The van der Waals surface area contributed by atoms with Crippen LogP contribution in [0.5, 0.6) is 23.4 Å². The minimum absolute atomic E-state index is 0.0172. The number of aromatic amines is 1. The average Bonchev–Trinajstić information content (AvgIpc) is 3.17. The summed E-state index contributed by atoms with van der Waals surface area (Å²) in [4.78, 5) is 25.8. The molecule has 210 valence electrons. The number of H-pyrrole nitrogens is 1. The number of nitrogens with one attached hydrogen (secondary N) is 1. The van der Waals surface area contributed by atoms with E-state index in [-0.39, 0.29) is 28.2 Å². The van der Waals surface area contributed by atoms with Gasteiger partial charge in [-0.25, -0.2) is 14.6 Å². The summed E-state index contributed by atoms with van der Waals surface area (Å²) in [7, 11) is 1.58. The van der Waals surface area contributed by atoms with Gasteiger partial charge in [0.05, 0.1) is 17.3 Å². The smallest absolute Gasteiger partial charge is 0.329 e. The second-order valence-corrected chi connectivity index (χ2v) is 10.9. The van der Waals surface area contributed by atoms with Crippen molar-refractivity contribution in [2.45, 2.75) is 25.3 Å². The Kier molecular flexibility index (Phi) is 8.79. The van der Waals surface area contributed by atoms with E-state index in [1.165, 1.54) is 16.4 Å². The number of carboxylic acids is 1. The third kappa shape index (κ3) is 5.68. The molecule has 2 unspecified atom stereocenters. The SMILES string of the molecule is CSCC(c1ccc(Cl)cc1Cl)C(N)(C(=O)O)c1c(C)nn(C)c1Oc1cc(=O)c(Oc2ccccc2C)n[nH]1. The Hall–Kier alpha value is -3.51. The first-order chi connectivity index (χ1) is 19.0. The van der Waals surface area contributed by atoms with E-state index in [0.29, 0.717) is 27.8 Å². The van der Waals surface area contributed by atoms with E-state index in [1.54, 1.807) is 44.3 Å². The van der Waals surface area contributed by atoms with Gasteiger partial charge in [-0.15, -0.1) is 5.10 Å². The Morgan fingerprint density at radius 1 is 1.20 bits per heavy atom. The van der Waals surface area contributed by atoms with E-state index in [1.807, 2.05) is 25.3 Å². The van der Waals surface area contributed by atoms with Crippen molar-refractivity contribution in [2.75, 3.05) is 12.0 Å². The van der Waals surface area contributed by atoms with Gasteiger partial charge < -0.3 is 20.3 Å². The molecule has 4 N–H and O–H groups in total. The maximum Gasteiger partial charge on any atom is 0.329 e. The first kappa shape index (κ1) is 29.5. The Morgan fingerprint density at radius 3 is 2.55 bits per heavy atom. The number of ether oxygens (including phenoxy) is 2. The average molecular weight is 605 g/mol. The van der Waals surface area contributed by atoms with Crippen molar-refractivity contribution in [3.8, 4) is 23.4 Å². The number of benzene rings is 2. The van der Waals surface area contributed by atoms with Crippen molar-refractivity contribution < 1.29 is 19.4 Å². The number of hydrogen-bond donors (Lipinski definition) is 3. The molecule has 0 fully saturated rings. The lowest BCUT2D eigenvalue weighted by Crippen LogP contribution is -2.51. The number of carboxylic acid groups (broad SMARTS) is 1. The molecule has 2 aromatic carbocycles. The molecular weight excluding hydrogens is 577 g/mol. The molecule has 0 aliphatic heterocycles. The summed E-state index contributed by atoms with van der Waals surface area (Å²) in [5.41, 5.74) is 6.00. The lowest BCUT2D eigenvalue weighted by atomic mass is 9.75. The molecule has 4 aromatic rings. The molecular formula is C27H27Cl2N5O5S. The normalized spacial score (nSPS) is 13.5. The Bertz CT molecular complexity index is 1630. The van der Waals surface area contributed by atoms with Crippen LogP contribution in [0.2, 0.25) is 10.0 Å². The first-order valence-corrected chi connectivity index (χ1v) is 14.1. The maximum absolute atomic E-state index is 13.0. The van der Waals surface area contributed by atoms with E-state index in [2.05, 4.69) is 15.3 Å². The van der Waals surface area contributed by atoms with Gasteiger partial charge in [-0.2, -0.15) is 16.9 Å². The second-order valence-electron chi connectivity index (χ2n) is 9.11. The number of nitrogens with two attached hydrogens (primary N) is 1. The van der Waals surface area contributed by atoms with E-state index in [9.17, 15) is 14.7 Å². The van der Waals surface area contributed by atoms with Gasteiger partial charge in [0.2, 0.25) is 17.2 Å². The van der Waals surface area contributed by atoms with Crippen LogP contribution in [0.25, 0.3) is 0 Å². The third-order valence-corrected chi connectivity index (χ3v) is 7.63. The van der Waals surface area contributed by atoms with E-state index in [4.69, 9.17) is 38.4 Å². The van der Waals surface area contributed by atoms with Crippen molar-refractivity contribution in [3.63, 3.8) is 0 Å². The number of para-hydroxylation sites is 1. The monoisotopic (exact) mass is 603 g/mol. The summed E-state index contributed by atoms with van der Waals surface area (Å²) in [6.07, 6.45) is 1.84. The number of nitrogens with zero attached hydrogens (tertiary/aromatic N) is 3. The van der Waals surface area contributed by atoms with Crippen LogP contribution in [0.3, 0.4) is 0 Å². The van der Waals surface area contributed by atoms with Crippen LogP contribution >= 0.6 is 35.0 Å². The van der Waals surface area contributed by atoms with Gasteiger partial charge in [-0.3, -0.25) is 4.79 Å². The molecule has 0 spiro atoms. The van der Waals surface area contributed by atoms with Crippen LogP contribution in [0, 0.1) is 13.8 Å². The molecule has 0 amide bonds. The summed E-state index contributed by atoms with van der Waals surface area (Å²) in [5.74, 6) is -1.56. The number of thioether (sulfide) groups is 1. The number of hydrogen-bond acceptors (Lipinski definition) is 8. The van der Waals surface area contributed by atoms with E-state index < -0.39 is 22.9 Å². The summed E-state index contributed by atoms with van der Waals surface area (Å²) in [5, 5.41) is 22.3. The maximum atomic E-state index is 13.0. The van der Waals surface area contributed by atoms with Crippen molar-refractivity contribution in [2.24, 2.45) is 12.8 Å². The van der Waals surface area contributed by atoms with Crippen molar-refractivity contribution in [3.05, 3.63) is 91.2 Å². The fraction of sp³-hybridized carbons (Fsp3) is 0.259. The largest absolute Gasteiger partial charge is 0.480 e. The van der Waals surface area contributed by atoms with Gasteiger partial charge in [0, 0.05) is 28.8 Å². The van der Waals surface area contributed by atoms with Crippen LogP contribution < -0.4 is 20.6 Å². The van der Waals surface area contributed by atoms with Crippen molar-refractivity contribution in [1.29, 1.82) is 0 Å². The summed E-state index contributed by atoms with van der Waals surface area (Å²) in [6, 6.07) is 13.2. The van der Waals surface area contributed by atoms with Gasteiger partial charge in [0.15, 0.2) is 5.54 Å².